The molecule has 50 heavy (non-hydrogen) atoms. The van der Waals surface area contributed by atoms with Gasteiger partial charge in [0.25, 0.3) is 0 Å². The Morgan fingerprint density at radius 2 is 1.60 bits per heavy atom. The lowest BCUT2D eigenvalue weighted by Crippen LogP contribution is -2.53. The first kappa shape index (κ1) is 36.2. The third-order valence-corrected chi connectivity index (χ3v) is 11.1. The van der Waals surface area contributed by atoms with Crippen LogP contribution in [0.2, 0.25) is 5.02 Å². The van der Waals surface area contributed by atoms with Crippen molar-refractivity contribution >= 4 is 40.8 Å². The Labute approximate surface area is 296 Å². The van der Waals surface area contributed by atoms with E-state index in [1.165, 1.54) is 13.1 Å². The van der Waals surface area contributed by atoms with Crippen molar-refractivity contribution in [1.29, 1.82) is 0 Å². The van der Waals surface area contributed by atoms with E-state index in [9.17, 15) is 27.6 Å². The molecule has 3 N–H and O–H groups in total. The van der Waals surface area contributed by atoms with E-state index < -0.39 is 17.7 Å². The van der Waals surface area contributed by atoms with E-state index in [1.807, 2.05) is 29.2 Å². The molecule has 2 aromatic carbocycles. The first-order valence-electron chi connectivity index (χ1n) is 17.8. The Morgan fingerprint density at radius 3 is 2.28 bits per heavy atom. The lowest BCUT2D eigenvalue weighted by Gasteiger charge is -2.41. The van der Waals surface area contributed by atoms with Crippen LogP contribution in [0, 0.1) is 5.92 Å². The van der Waals surface area contributed by atoms with Crippen molar-refractivity contribution in [2.45, 2.75) is 63.2 Å². The second kappa shape index (κ2) is 15.8. The number of piperazine rings is 1. The zero-order chi connectivity index (χ0) is 35.4. The average molecular weight is 718 g/mol. The predicted molar refractivity (Wildman–Crippen MR) is 187 cm³/mol. The summed E-state index contributed by atoms with van der Waals surface area (Å²) >= 11 is 6.32. The van der Waals surface area contributed by atoms with E-state index in [0.717, 1.165) is 62.8 Å². The van der Waals surface area contributed by atoms with Gasteiger partial charge in [-0.15, -0.1) is 0 Å². The molecule has 272 valence electrons. The number of benzene rings is 2. The number of nitrogens with zero attached hydrogens (tertiary/aromatic N) is 4. The summed E-state index contributed by atoms with van der Waals surface area (Å²) in [5.74, 6) is -1.27. The molecule has 3 saturated heterocycles. The summed E-state index contributed by atoms with van der Waals surface area (Å²) in [6, 6.07) is 10.5. The van der Waals surface area contributed by atoms with Crippen molar-refractivity contribution in [3.63, 3.8) is 0 Å². The van der Waals surface area contributed by atoms with Crippen LogP contribution in [0.3, 0.4) is 0 Å². The van der Waals surface area contributed by atoms with Crippen LogP contribution in [0.15, 0.2) is 36.4 Å². The molecule has 0 unspecified atom stereocenters. The summed E-state index contributed by atoms with van der Waals surface area (Å²) < 4.78 is 42.1. The molecule has 4 aliphatic heterocycles. The molecule has 3 fully saturated rings. The third-order valence-electron chi connectivity index (χ3n) is 10.8. The number of para-hydroxylation sites is 1. The standard InChI is InChI=1S/C36H47ClF3N7O3/c1-41-33-29(36(38,39)40)21-24(22-30(33)37)20-26(34(49)46-15-7-27(8-16-46)44-18-11-42-12-19-44)23-32(48)45-13-9-28(10-14-45)47-17-6-25-4-2-3-5-31(25)43-35(47)50/h2-5,21-22,26-28,41-42H,6-20,23H2,1H3,(H,43,50)/t26-/m0/s1. The van der Waals surface area contributed by atoms with Gasteiger partial charge >= 0.3 is 12.2 Å². The van der Waals surface area contributed by atoms with Gasteiger partial charge in [0.15, 0.2) is 0 Å². The number of anilines is 2. The van der Waals surface area contributed by atoms with Crippen LogP contribution in [0.4, 0.5) is 29.3 Å². The minimum atomic E-state index is -4.66. The fourth-order valence-corrected chi connectivity index (χ4v) is 8.39. The smallest absolute Gasteiger partial charge is 0.386 e. The van der Waals surface area contributed by atoms with Gasteiger partial charge < -0.3 is 30.7 Å². The number of hydrogen-bond donors (Lipinski definition) is 3. The van der Waals surface area contributed by atoms with E-state index in [2.05, 4.69) is 20.9 Å². The number of rotatable bonds is 8. The summed E-state index contributed by atoms with van der Waals surface area (Å²) in [5.41, 5.74) is 1.04. The summed E-state index contributed by atoms with van der Waals surface area (Å²) in [6.07, 6.45) is -1.25. The van der Waals surface area contributed by atoms with Crippen LogP contribution >= 0.6 is 11.6 Å². The van der Waals surface area contributed by atoms with Gasteiger partial charge in [0, 0.05) is 90.1 Å². The first-order chi connectivity index (χ1) is 24.0. The van der Waals surface area contributed by atoms with E-state index in [4.69, 9.17) is 11.6 Å². The molecule has 4 amide bonds. The minimum Gasteiger partial charge on any atom is -0.386 e. The molecule has 4 aliphatic rings. The average Bonchev–Trinajstić information content (AvgIpc) is 3.29. The van der Waals surface area contributed by atoms with E-state index in [1.54, 1.807) is 9.80 Å². The van der Waals surface area contributed by atoms with Crippen molar-refractivity contribution in [3.05, 3.63) is 58.1 Å². The predicted octanol–water partition coefficient (Wildman–Crippen LogP) is 4.93. The van der Waals surface area contributed by atoms with Crippen molar-refractivity contribution in [3.8, 4) is 0 Å². The number of carbonyl (C=O) groups is 3. The molecule has 0 saturated carbocycles. The number of carbonyl (C=O) groups excluding carboxylic acids is 3. The molecule has 0 aliphatic carbocycles. The number of halogens is 4. The fourth-order valence-electron chi connectivity index (χ4n) is 8.05. The molecule has 0 radical (unpaired) electrons. The lowest BCUT2D eigenvalue weighted by molar-refractivity contribution is -0.143. The molecule has 4 heterocycles. The Morgan fingerprint density at radius 1 is 0.940 bits per heavy atom. The van der Waals surface area contributed by atoms with Gasteiger partial charge in [0.2, 0.25) is 11.8 Å². The Balaban J connectivity index is 1.13. The molecule has 1 atom stereocenters. The number of hydrogen-bond acceptors (Lipinski definition) is 6. The molecule has 10 nitrogen and oxygen atoms in total. The summed E-state index contributed by atoms with van der Waals surface area (Å²) in [4.78, 5) is 48.9. The van der Waals surface area contributed by atoms with Gasteiger partial charge in [0.1, 0.15) is 0 Å². The van der Waals surface area contributed by atoms with Crippen LogP contribution in [-0.2, 0) is 28.6 Å². The van der Waals surface area contributed by atoms with Gasteiger partial charge in [-0.3, -0.25) is 14.5 Å². The molecular formula is C36H47ClF3N7O3. The van der Waals surface area contributed by atoms with Gasteiger partial charge in [-0.2, -0.15) is 13.2 Å². The Bertz CT molecular complexity index is 1540. The number of nitrogens with one attached hydrogen (secondary N) is 3. The van der Waals surface area contributed by atoms with E-state index >= 15 is 0 Å². The molecule has 0 bridgehead atoms. The SMILES string of the molecule is CNc1c(Cl)cc(C[C@@H](CC(=O)N2CCC(N3CCc4ccccc4NC3=O)CC2)C(=O)N2CCC(N3CCNCC3)CC2)cc1C(F)(F)F. The number of urea groups is 1. The minimum absolute atomic E-state index is 0.0311. The normalized spacial score (nSPS) is 20.6. The summed E-state index contributed by atoms with van der Waals surface area (Å²) in [5, 5.41) is 8.84. The largest absolute Gasteiger partial charge is 0.418 e. The van der Waals surface area contributed by atoms with Crippen molar-refractivity contribution in [1.82, 2.24) is 24.9 Å². The van der Waals surface area contributed by atoms with Crippen molar-refractivity contribution in [2.24, 2.45) is 5.92 Å². The summed E-state index contributed by atoms with van der Waals surface area (Å²) in [6.45, 7) is 6.33. The number of amides is 4. The van der Waals surface area contributed by atoms with Gasteiger partial charge in [-0.25, -0.2) is 4.79 Å². The van der Waals surface area contributed by atoms with Crippen molar-refractivity contribution < 1.29 is 27.6 Å². The highest BCUT2D eigenvalue weighted by Crippen LogP contribution is 2.40. The highest BCUT2D eigenvalue weighted by atomic mass is 35.5. The van der Waals surface area contributed by atoms with Crippen molar-refractivity contribution in [2.75, 3.05) is 76.6 Å². The first-order valence-corrected chi connectivity index (χ1v) is 18.1. The van der Waals surface area contributed by atoms with Gasteiger partial charge in [0.05, 0.1) is 22.2 Å². The Kier molecular flexibility index (Phi) is 11.4. The number of fused-ring (bicyclic) bond motifs is 1. The lowest BCUT2D eigenvalue weighted by atomic mass is 9.91. The van der Waals surface area contributed by atoms with Crippen LogP contribution in [-0.4, -0.2) is 115 Å². The second-order valence-electron chi connectivity index (χ2n) is 13.8. The maximum absolute atomic E-state index is 14.1. The van der Waals surface area contributed by atoms with E-state index in [0.29, 0.717) is 51.6 Å². The molecule has 6 rings (SSSR count). The van der Waals surface area contributed by atoms with E-state index in [-0.39, 0.29) is 53.0 Å². The maximum atomic E-state index is 14.1. The van der Waals surface area contributed by atoms with Crippen LogP contribution < -0.4 is 16.0 Å². The molecule has 0 spiro atoms. The molecule has 2 aromatic rings. The second-order valence-corrected chi connectivity index (χ2v) is 14.2. The topological polar surface area (TPSA) is 100 Å². The fraction of sp³-hybridized carbons (Fsp3) is 0.583. The highest BCUT2D eigenvalue weighted by Gasteiger charge is 2.38. The third kappa shape index (κ3) is 8.32. The molecule has 14 heteroatoms. The van der Waals surface area contributed by atoms with Gasteiger partial charge in [-0.1, -0.05) is 29.8 Å². The summed E-state index contributed by atoms with van der Waals surface area (Å²) in [7, 11) is 1.38. The quantitative estimate of drug-likeness (QED) is 0.359. The van der Waals surface area contributed by atoms with Crippen LogP contribution in [0.5, 0.6) is 0 Å². The van der Waals surface area contributed by atoms with Crippen LogP contribution in [0.25, 0.3) is 0 Å². The van der Waals surface area contributed by atoms with Crippen LogP contribution in [0.1, 0.15) is 48.8 Å². The number of likely N-dealkylation sites (tertiary alicyclic amines) is 2. The highest BCUT2D eigenvalue weighted by molar-refractivity contribution is 6.33. The number of piperidine rings is 2. The monoisotopic (exact) mass is 717 g/mol. The number of alkyl halides is 3. The Hall–Kier alpha value is -3.55. The zero-order valence-electron chi connectivity index (χ0n) is 28.5. The molecule has 0 aromatic heterocycles. The van der Waals surface area contributed by atoms with Gasteiger partial charge in [-0.05, 0) is 67.9 Å². The zero-order valence-corrected chi connectivity index (χ0v) is 29.3. The maximum Gasteiger partial charge on any atom is 0.418 e. The molecular weight excluding hydrogens is 671 g/mol.